The van der Waals surface area contributed by atoms with E-state index in [-0.39, 0.29) is 6.03 Å². The summed E-state index contributed by atoms with van der Waals surface area (Å²) in [6, 6.07) is 7.56. The number of aryl methyl sites for hydroxylation is 3. The molecule has 0 aliphatic rings. The molecule has 0 saturated carbocycles. The van der Waals surface area contributed by atoms with Gasteiger partial charge in [0.05, 0.1) is 23.7 Å². The molecule has 0 saturated heterocycles. The van der Waals surface area contributed by atoms with Gasteiger partial charge in [0.25, 0.3) is 0 Å². The Morgan fingerprint density at radius 1 is 1.05 bits per heavy atom. The zero-order valence-electron chi connectivity index (χ0n) is 13.2. The van der Waals surface area contributed by atoms with Gasteiger partial charge in [0.15, 0.2) is 0 Å². The first-order valence-electron chi connectivity index (χ1n) is 7.12. The molecule has 2 aromatic rings. The SMILES string of the molecule is CCOc1nc(C)c(NC(=O)Nc2ccc(C)cc2)c(C)n1. The second kappa shape index (κ2) is 6.89. The summed E-state index contributed by atoms with van der Waals surface area (Å²) in [5.74, 6) is 0. The van der Waals surface area contributed by atoms with Gasteiger partial charge in [-0.15, -0.1) is 0 Å². The molecular weight excluding hydrogens is 280 g/mol. The number of aromatic nitrogens is 2. The quantitative estimate of drug-likeness (QED) is 0.906. The third-order valence-corrected chi connectivity index (χ3v) is 3.07. The van der Waals surface area contributed by atoms with Crippen molar-refractivity contribution in [3.8, 4) is 6.01 Å². The van der Waals surface area contributed by atoms with E-state index >= 15 is 0 Å². The van der Waals surface area contributed by atoms with E-state index in [0.29, 0.717) is 29.7 Å². The topological polar surface area (TPSA) is 76.1 Å². The number of rotatable bonds is 4. The highest BCUT2D eigenvalue weighted by Crippen LogP contribution is 2.20. The van der Waals surface area contributed by atoms with Gasteiger partial charge >= 0.3 is 12.0 Å². The van der Waals surface area contributed by atoms with Gasteiger partial charge in [-0.1, -0.05) is 17.7 Å². The second-order valence-corrected chi connectivity index (χ2v) is 4.93. The third-order valence-electron chi connectivity index (χ3n) is 3.07. The van der Waals surface area contributed by atoms with E-state index in [9.17, 15) is 4.79 Å². The molecule has 22 heavy (non-hydrogen) atoms. The monoisotopic (exact) mass is 300 g/mol. The Morgan fingerprint density at radius 3 is 2.18 bits per heavy atom. The van der Waals surface area contributed by atoms with Gasteiger partial charge in [-0.2, -0.15) is 9.97 Å². The minimum absolute atomic E-state index is 0.321. The average Bonchev–Trinajstić information content (AvgIpc) is 2.46. The molecule has 1 aromatic heterocycles. The van der Waals surface area contributed by atoms with Crippen LogP contribution in [0.4, 0.5) is 16.2 Å². The molecule has 0 fully saturated rings. The summed E-state index contributed by atoms with van der Waals surface area (Å²) in [6.45, 7) is 7.97. The van der Waals surface area contributed by atoms with Crippen LogP contribution in [0.25, 0.3) is 0 Å². The molecule has 0 unspecified atom stereocenters. The number of carbonyl (C=O) groups excluding carboxylic acids is 1. The van der Waals surface area contributed by atoms with E-state index in [1.54, 1.807) is 13.8 Å². The molecule has 2 amide bonds. The van der Waals surface area contributed by atoms with Crippen molar-refractivity contribution in [3.63, 3.8) is 0 Å². The molecule has 2 N–H and O–H groups in total. The van der Waals surface area contributed by atoms with Crippen LogP contribution in [0.1, 0.15) is 23.9 Å². The molecule has 0 atom stereocenters. The number of carbonyl (C=O) groups is 1. The van der Waals surface area contributed by atoms with Crippen molar-refractivity contribution in [1.29, 1.82) is 0 Å². The standard InChI is InChI=1S/C16H20N4O2/c1-5-22-16-17-11(3)14(12(4)18-16)20-15(21)19-13-8-6-10(2)7-9-13/h6-9H,5H2,1-4H3,(H2,19,20,21). The van der Waals surface area contributed by atoms with Crippen LogP contribution in [0.15, 0.2) is 24.3 Å². The fraction of sp³-hybridized carbons (Fsp3) is 0.312. The van der Waals surface area contributed by atoms with E-state index in [4.69, 9.17) is 4.74 Å². The van der Waals surface area contributed by atoms with E-state index < -0.39 is 0 Å². The van der Waals surface area contributed by atoms with Crippen LogP contribution in [-0.4, -0.2) is 22.6 Å². The van der Waals surface area contributed by atoms with Crippen molar-refractivity contribution in [2.75, 3.05) is 17.2 Å². The predicted octanol–water partition coefficient (Wildman–Crippen LogP) is 3.44. The van der Waals surface area contributed by atoms with Crippen molar-refractivity contribution in [2.45, 2.75) is 27.7 Å². The van der Waals surface area contributed by atoms with Gasteiger partial charge in [-0.3, -0.25) is 0 Å². The largest absolute Gasteiger partial charge is 0.464 e. The molecule has 0 spiro atoms. The van der Waals surface area contributed by atoms with Gasteiger partial charge in [0.2, 0.25) is 0 Å². The number of urea groups is 1. The average molecular weight is 300 g/mol. The minimum Gasteiger partial charge on any atom is -0.464 e. The van der Waals surface area contributed by atoms with E-state index in [1.165, 1.54) is 0 Å². The molecule has 0 bridgehead atoms. The lowest BCUT2D eigenvalue weighted by molar-refractivity contribution is 0.262. The van der Waals surface area contributed by atoms with Gasteiger partial charge in [-0.25, -0.2) is 4.79 Å². The van der Waals surface area contributed by atoms with Gasteiger partial charge in [0, 0.05) is 5.69 Å². The summed E-state index contributed by atoms with van der Waals surface area (Å²) in [7, 11) is 0. The number of nitrogens with one attached hydrogen (secondary N) is 2. The number of hydrogen-bond acceptors (Lipinski definition) is 4. The Morgan fingerprint density at radius 2 is 1.64 bits per heavy atom. The van der Waals surface area contributed by atoms with Crippen LogP contribution in [0.3, 0.4) is 0 Å². The molecule has 0 radical (unpaired) electrons. The van der Waals surface area contributed by atoms with Crippen molar-refractivity contribution in [1.82, 2.24) is 9.97 Å². The number of benzene rings is 1. The number of nitrogens with zero attached hydrogens (tertiary/aromatic N) is 2. The Kier molecular flexibility index (Phi) is 4.93. The lowest BCUT2D eigenvalue weighted by Gasteiger charge is -2.13. The highest BCUT2D eigenvalue weighted by atomic mass is 16.5. The fourth-order valence-corrected chi connectivity index (χ4v) is 1.97. The van der Waals surface area contributed by atoms with Gasteiger partial charge in [0.1, 0.15) is 0 Å². The maximum atomic E-state index is 12.1. The van der Waals surface area contributed by atoms with Gasteiger partial charge in [-0.05, 0) is 39.8 Å². The maximum Gasteiger partial charge on any atom is 0.323 e. The molecule has 2 rings (SSSR count). The van der Waals surface area contributed by atoms with Crippen molar-refractivity contribution >= 4 is 17.4 Å². The van der Waals surface area contributed by atoms with Crippen LogP contribution < -0.4 is 15.4 Å². The van der Waals surface area contributed by atoms with Crippen molar-refractivity contribution in [3.05, 3.63) is 41.2 Å². The first kappa shape index (κ1) is 15.8. The molecule has 6 nitrogen and oxygen atoms in total. The van der Waals surface area contributed by atoms with E-state index in [2.05, 4.69) is 20.6 Å². The van der Waals surface area contributed by atoms with E-state index in [0.717, 1.165) is 11.3 Å². The Hall–Kier alpha value is -2.63. The first-order chi connectivity index (χ1) is 10.5. The Bertz CT molecular complexity index is 645. The third kappa shape index (κ3) is 3.94. The Labute approximate surface area is 129 Å². The zero-order valence-corrected chi connectivity index (χ0v) is 13.2. The summed E-state index contributed by atoms with van der Waals surface area (Å²) in [5, 5.41) is 5.56. The Balaban J connectivity index is 2.09. The number of amides is 2. The lowest BCUT2D eigenvalue weighted by Crippen LogP contribution is -2.21. The number of hydrogen-bond donors (Lipinski definition) is 2. The molecule has 6 heteroatoms. The summed E-state index contributed by atoms with van der Waals surface area (Å²) in [6.07, 6.45) is 0. The first-order valence-corrected chi connectivity index (χ1v) is 7.12. The van der Waals surface area contributed by atoms with Gasteiger partial charge < -0.3 is 15.4 Å². The molecule has 1 heterocycles. The van der Waals surface area contributed by atoms with Crippen molar-refractivity contribution in [2.24, 2.45) is 0 Å². The number of anilines is 2. The number of ether oxygens (including phenoxy) is 1. The molecule has 0 aliphatic heterocycles. The zero-order chi connectivity index (χ0) is 16.1. The van der Waals surface area contributed by atoms with Crippen molar-refractivity contribution < 1.29 is 9.53 Å². The second-order valence-electron chi connectivity index (χ2n) is 4.93. The molecule has 116 valence electrons. The van der Waals surface area contributed by atoms with Crippen LogP contribution in [0, 0.1) is 20.8 Å². The fourth-order valence-electron chi connectivity index (χ4n) is 1.97. The van der Waals surface area contributed by atoms with Crippen LogP contribution in [0.5, 0.6) is 6.01 Å². The lowest BCUT2D eigenvalue weighted by atomic mass is 10.2. The highest BCUT2D eigenvalue weighted by molar-refractivity contribution is 6.00. The minimum atomic E-state index is -0.331. The predicted molar refractivity (Wildman–Crippen MR) is 86.5 cm³/mol. The molecule has 1 aromatic carbocycles. The smallest absolute Gasteiger partial charge is 0.323 e. The van der Waals surface area contributed by atoms with Crippen LogP contribution in [0.2, 0.25) is 0 Å². The normalized spacial score (nSPS) is 10.2. The summed E-state index contributed by atoms with van der Waals surface area (Å²) < 4.78 is 5.28. The van der Waals surface area contributed by atoms with E-state index in [1.807, 2.05) is 38.1 Å². The summed E-state index contributed by atoms with van der Waals surface area (Å²) >= 11 is 0. The maximum absolute atomic E-state index is 12.1. The summed E-state index contributed by atoms with van der Waals surface area (Å²) in [5.41, 5.74) is 3.78. The molecule has 0 aliphatic carbocycles. The highest BCUT2D eigenvalue weighted by Gasteiger charge is 2.12. The van der Waals surface area contributed by atoms with Crippen LogP contribution in [-0.2, 0) is 0 Å². The van der Waals surface area contributed by atoms with Crippen LogP contribution >= 0.6 is 0 Å². The summed E-state index contributed by atoms with van der Waals surface area (Å²) in [4.78, 5) is 20.5. The molecular formula is C16H20N4O2.